The van der Waals surface area contributed by atoms with Gasteiger partial charge >= 0.3 is 6.18 Å². The van der Waals surface area contributed by atoms with Crippen molar-refractivity contribution >= 4 is 29.9 Å². The van der Waals surface area contributed by atoms with Crippen LogP contribution in [0, 0.1) is 5.92 Å². The summed E-state index contributed by atoms with van der Waals surface area (Å²) in [5, 5.41) is 3.23. The van der Waals surface area contributed by atoms with Gasteiger partial charge in [0.15, 0.2) is 5.96 Å². The average Bonchev–Trinajstić information content (AvgIpc) is 2.89. The number of guanidine groups is 1. The monoisotopic (exact) mass is 434 g/mol. The summed E-state index contributed by atoms with van der Waals surface area (Å²) >= 11 is 0. The van der Waals surface area contributed by atoms with Crippen molar-refractivity contribution in [2.45, 2.75) is 50.7 Å². The first-order valence-electron chi connectivity index (χ1n) is 7.78. The molecule has 1 saturated heterocycles. The molecule has 0 atom stereocenters. The van der Waals surface area contributed by atoms with Crippen molar-refractivity contribution in [3.8, 4) is 0 Å². The molecule has 0 spiro atoms. The minimum absolute atomic E-state index is 0. The summed E-state index contributed by atoms with van der Waals surface area (Å²) in [7, 11) is 0. The van der Waals surface area contributed by atoms with E-state index < -0.39 is 12.7 Å². The number of aliphatic imine (C=N–C) groups is 1. The number of hydrogen-bond donors (Lipinski definition) is 2. The molecule has 2 aliphatic rings. The standard InChI is InChI=1S/C14H25F3N4.HI/c15-14(16,17)10-21-7-5-11(6-8-21)9-19-13(18)20-12-3-1-2-4-12;/h11-12H,1-10H2,(H3,18,19,20);1H. The SMILES string of the molecule is I.NC(=NCC1CCN(CC(F)(F)F)CC1)NC1CCCC1. The number of alkyl halides is 3. The van der Waals surface area contributed by atoms with Gasteiger partial charge in [-0.1, -0.05) is 12.8 Å². The maximum Gasteiger partial charge on any atom is 0.401 e. The Morgan fingerprint density at radius 3 is 2.27 bits per heavy atom. The number of halogens is 4. The Morgan fingerprint density at radius 1 is 1.14 bits per heavy atom. The molecule has 22 heavy (non-hydrogen) atoms. The number of hydrogen-bond acceptors (Lipinski definition) is 2. The van der Waals surface area contributed by atoms with Gasteiger partial charge in [-0.25, -0.2) is 0 Å². The summed E-state index contributed by atoms with van der Waals surface area (Å²) in [6.45, 7) is 0.811. The first-order valence-corrected chi connectivity index (χ1v) is 7.78. The number of nitrogens with two attached hydrogens (primary N) is 1. The van der Waals surface area contributed by atoms with E-state index >= 15 is 0 Å². The van der Waals surface area contributed by atoms with Gasteiger partial charge in [0.05, 0.1) is 6.54 Å². The highest BCUT2D eigenvalue weighted by molar-refractivity contribution is 14.0. The Kier molecular flexibility index (Phi) is 8.23. The van der Waals surface area contributed by atoms with Crippen molar-refractivity contribution in [2.24, 2.45) is 16.6 Å². The molecular formula is C14H26F3IN4. The molecule has 0 aromatic heterocycles. The number of nitrogens with one attached hydrogen (secondary N) is 1. The molecule has 1 aliphatic carbocycles. The minimum atomic E-state index is -4.10. The second kappa shape index (κ2) is 9.14. The highest BCUT2D eigenvalue weighted by Gasteiger charge is 2.32. The first-order chi connectivity index (χ1) is 9.92. The van der Waals surface area contributed by atoms with Crippen molar-refractivity contribution in [3.63, 3.8) is 0 Å². The van der Waals surface area contributed by atoms with Crippen LogP contribution < -0.4 is 11.1 Å². The molecule has 0 bridgehead atoms. The van der Waals surface area contributed by atoms with Crippen molar-refractivity contribution in [1.82, 2.24) is 10.2 Å². The lowest BCUT2D eigenvalue weighted by Crippen LogP contribution is -2.41. The fourth-order valence-electron chi connectivity index (χ4n) is 3.13. The van der Waals surface area contributed by atoms with Crippen LogP contribution in [-0.2, 0) is 0 Å². The number of piperidine rings is 1. The zero-order valence-electron chi connectivity index (χ0n) is 12.7. The molecule has 0 radical (unpaired) electrons. The molecule has 2 rings (SSSR count). The van der Waals surface area contributed by atoms with Crippen LogP contribution in [-0.4, -0.2) is 49.3 Å². The predicted molar refractivity (Wildman–Crippen MR) is 92.5 cm³/mol. The summed E-state index contributed by atoms with van der Waals surface area (Å²) in [4.78, 5) is 5.83. The topological polar surface area (TPSA) is 53.6 Å². The van der Waals surface area contributed by atoms with E-state index in [2.05, 4.69) is 10.3 Å². The summed E-state index contributed by atoms with van der Waals surface area (Å²) < 4.78 is 36.9. The van der Waals surface area contributed by atoms with E-state index in [1.54, 1.807) is 0 Å². The molecule has 4 nitrogen and oxygen atoms in total. The third kappa shape index (κ3) is 7.34. The molecule has 2 fully saturated rings. The molecule has 3 N–H and O–H groups in total. The highest BCUT2D eigenvalue weighted by Crippen LogP contribution is 2.22. The van der Waals surface area contributed by atoms with E-state index in [-0.39, 0.29) is 24.0 Å². The maximum absolute atomic E-state index is 12.3. The summed E-state index contributed by atoms with van der Waals surface area (Å²) in [5.74, 6) is 0.832. The zero-order chi connectivity index (χ0) is 15.3. The van der Waals surface area contributed by atoms with Crippen LogP contribution in [0.2, 0.25) is 0 Å². The van der Waals surface area contributed by atoms with Gasteiger partial charge in [0.25, 0.3) is 0 Å². The lowest BCUT2D eigenvalue weighted by Gasteiger charge is -2.31. The fourth-order valence-corrected chi connectivity index (χ4v) is 3.13. The molecular weight excluding hydrogens is 408 g/mol. The molecule has 8 heteroatoms. The quantitative estimate of drug-likeness (QED) is 0.407. The van der Waals surface area contributed by atoms with E-state index in [1.807, 2.05) is 0 Å². The van der Waals surface area contributed by atoms with Crippen LogP contribution in [0.25, 0.3) is 0 Å². The second-order valence-electron chi connectivity index (χ2n) is 6.19. The lowest BCUT2D eigenvalue weighted by molar-refractivity contribution is -0.148. The Morgan fingerprint density at radius 2 is 1.73 bits per heavy atom. The molecule has 0 aromatic rings. The predicted octanol–water partition coefficient (Wildman–Crippen LogP) is 2.73. The highest BCUT2D eigenvalue weighted by atomic mass is 127. The van der Waals surface area contributed by atoms with Crippen LogP contribution in [0.3, 0.4) is 0 Å². The Labute approximate surface area is 147 Å². The number of rotatable bonds is 4. The van der Waals surface area contributed by atoms with Gasteiger partial charge in [-0.05, 0) is 44.7 Å². The molecule has 1 heterocycles. The van der Waals surface area contributed by atoms with E-state index in [1.165, 1.54) is 17.7 Å². The zero-order valence-corrected chi connectivity index (χ0v) is 15.1. The van der Waals surface area contributed by atoms with Gasteiger partial charge in [0, 0.05) is 12.6 Å². The third-order valence-corrected chi connectivity index (χ3v) is 4.34. The Hall–Kier alpha value is -0.250. The van der Waals surface area contributed by atoms with Gasteiger partial charge in [-0.2, -0.15) is 13.2 Å². The molecule has 1 aliphatic heterocycles. The lowest BCUT2D eigenvalue weighted by atomic mass is 9.97. The van der Waals surface area contributed by atoms with Crippen molar-refractivity contribution in [1.29, 1.82) is 0 Å². The van der Waals surface area contributed by atoms with Gasteiger partial charge < -0.3 is 11.1 Å². The Bertz CT molecular complexity index is 348. The number of likely N-dealkylation sites (tertiary alicyclic amines) is 1. The van der Waals surface area contributed by atoms with Crippen LogP contribution >= 0.6 is 24.0 Å². The van der Waals surface area contributed by atoms with Gasteiger partial charge in [-0.15, -0.1) is 24.0 Å². The smallest absolute Gasteiger partial charge is 0.370 e. The minimum Gasteiger partial charge on any atom is -0.370 e. The van der Waals surface area contributed by atoms with Crippen LogP contribution in [0.4, 0.5) is 13.2 Å². The first kappa shape index (κ1) is 19.8. The summed E-state index contributed by atoms with van der Waals surface area (Å²) in [5.41, 5.74) is 5.86. The van der Waals surface area contributed by atoms with Crippen LogP contribution in [0.1, 0.15) is 38.5 Å². The van der Waals surface area contributed by atoms with Crippen LogP contribution in [0.5, 0.6) is 0 Å². The van der Waals surface area contributed by atoms with Gasteiger partial charge in [0.2, 0.25) is 0 Å². The number of nitrogens with zero attached hydrogens (tertiary/aromatic N) is 2. The van der Waals surface area contributed by atoms with E-state index in [0.29, 0.717) is 37.6 Å². The molecule has 0 unspecified atom stereocenters. The molecule has 1 saturated carbocycles. The van der Waals surface area contributed by atoms with E-state index in [0.717, 1.165) is 25.7 Å². The Balaban J connectivity index is 0.00000242. The normalized spacial score (nSPS) is 22.6. The summed E-state index contributed by atoms with van der Waals surface area (Å²) in [6, 6.07) is 0.447. The van der Waals surface area contributed by atoms with Crippen molar-refractivity contribution in [3.05, 3.63) is 0 Å². The fraction of sp³-hybridized carbons (Fsp3) is 0.929. The van der Waals surface area contributed by atoms with Gasteiger partial charge in [-0.3, -0.25) is 9.89 Å². The van der Waals surface area contributed by atoms with E-state index in [4.69, 9.17) is 5.73 Å². The molecule has 0 amide bonds. The largest absolute Gasteiger partial charge is 0.401 e. The second-order valence-corrected chi connectivity index (χ2v) is 6.19. The molecule has 130 valence electrons. The van der Waals surface area contributed by atoms with Crippen molar-refractivity contribution in [2.75, 3.05) is 26.2 Å². The third-order valence-electron chi connectivity index (χ3n) is 4.34. The summed E-state index contributed by atoms with van der Waals surface area (Å²) in [6.07, 6.45) is 2.19. The van der Waals surface area contributed by atoms with Gasteiger partial charge in [0.1, 0.15) is 0 Å². The van der Waals surface area contributed by atoms with E-state index in [9.17, 15) is 13.2 Å². The average molecular weight is 434 g/mol. The van der Waals surface area contributed by atoms with Crippen molar-refractivity contribution < 1.29 is 13.2 Å². The maximum atomic E-state index is 12.3. The molecule has 0 aromatic carbocycles. The van der Waals surface area contributed by atoms with Crippen LogP contribution in [0.15, 0.2) is 4.99 Å².